The Hall–Kier alpha value is -2.14. The van der Waals surface area contributed by atoms with Crippen LogP contribution in [0, 0.1) is 0 Å². The van der Waals surface area contributed by atoms with Gasteiger partial charge >= 0.3 is 0 Å². The van der Waals surface area contributed by atoms with E-state index in [-0.39, 0.29) is 10.7 Å². The van der Waals surface area contributed by atoms with Crippen molar-refractivity contribution in [3.8, 4) is 5.75 Å². The smallest absolute Gasteiger partial charge is 0.193 e. The number of benzene rings is 2. The second kappa shape index (κ2) is 5.46. The quantitative estimate of drug-likeness (QED) is 0.811. The van der Waals surface area contributed by atoms with Gasteiger partial charge < -0.3 is 4.74 Å². The highest BCUT2D eigenvalue weighted by Crippen LogP contribution is 2.16. The molecule has 0 spiro atoms. The van der Waals surface area contributed by atoms with Crippen LogP contribution in [0.1, 0.15) is 15.9 Å². The average molecular weight is 290 g/mol. The van der Waals surface area contributed by atoms with Crippen LogP contribution >= 0.6 is 0 Å². The van der Waals surface area contributed by atoms with E-state index in [1.165, 1.54) is 24.3 Å². The highest BCUT2D eigenvalue weighted by molar-refractivity contribution is 7.90. The fourth-order valence-corrected chi connectivity index (χ4v) is 2.39. The summed E-state index contributed by atoms with van der Waals surface area (Å²) in [6.07, 6.45) is 1.13. The molecule has 0 aliphatic rings. The van der Waals surface area contributed by atoms with E-state index in [0.717, 1.165) is 6.26 Å². The first-order valence-corrected chi connectivity index (χ1v) is 7.80. The molecule has 0 saturated carbocycles. The Balaban J connectivity index is 2.29. The minimum Gasteiger partial charge on any atom is -0.497 e. The molecule has 0 heterocycles. The monoisotopic (exact) mass is 290 g/mol. The summed E-state index contributed by atoms with van der Waals surface area (Å²) >= 11 is 0. The summed E-state index contributed by atoms with van der Waals surface area (Å²) in [5, 5.41) is 0. The highest BCUT2D eigenvalue weighted by atomic mass is 32.2. The minimum atomic E-state index is -3.25. The molecule has 2 rings (SSSR count). The van der Waals surface area contributed by atoms with Gasteiger partial charge in [-0.1, -0.05) is 0 Å². The van der Waals surface area contributed by atoms with E-state index in [4.69, 9.17) is 4.74 Å². The molecule has 0 radical (unpaired) electrons. The van der Waals surface area contributed by atoms with Crippen molar-refractivity contribution in [1.82, 2.24) is 0 Å². The number of ether oxygens (including phenoxy) is 1. The maximum atomic E-state index is 12.2. The Kier molecular flexibility index (Phi) is 3.90. The predicted molar refractivity (Wildman–Crippen MR) is 76.0 cm³/mol. The molecule has 0 aromatic heterocycles. The molecule has 2 aromatic carbocycles. The molecule has 0 N–H and O–H groups in total. The second-order valence-electron chi connectivity index (χ2n) is 4.35. The number of sulfone groups is 1. The third kappa shape index (κ3) is 3.05. The number of carbonyl (C=O) groups excluding carboxylic acids is 1. The fourth-order valence-electron chi connectivity index (χ4n) is 1.76. The Bertz CT molecular complexity index is 713. The maximum absolute atomic E-state index is 12.2. The summed E-state index contributed by atoms with van der Waals surface area (Å²) < 4.78 is 27.7. The molecule has 0 aliphatic carbocycles. The first kappa shape index (κ1) is 14.3. The molecule has 0 saturated heterocycles. The number of ketones is 1. The molecular weight excluding hydrogens is 276 g/mol. The van der Waals surface area contributed by atoms with Crippen LogP contribution < -0.4 is 4.74 Å². The van der Waals surface area contributed by atoms with Gasteiger partial charge in [0.25, 0.3) is 0 Å². The fraction of sp³-hybridized carbons (Fsp3) is 0.133. The molecule has 2 aromatic rings. The molecule has 0 amide bonds. The zero-order valence-corrected chi connectivity index (χ0v) is 12.0. The normalized spacial score (nSPS) is 11.1. The van der Waals surface area contributed by atoms with Gasteiger partial charge in [0.15, 0.2) is 15.6 Å². The number of hydrogen-bond donors (Lipinski definition) is 0. The van der Waals surface area contributed by atoms with Crippen LogP contribution in [0.2, 0.25) is 0 Å². The van der Waals surface area contributed by atoms with Gasteiger partial charge in [-0.3, -0.25) is 4.79 Å². The van der Waals surface area contributed by atoms with Gasteiger partial charge in [-0.2, -0.15) is 0 Å². The molecule has 20 heavy (non-hydrogen) atoms. The zero-order valence-electron chi connectivity index (χ0n) is 11.2. The molecule has 0 atom stereocenters. The second-order valence-corrected chi connectivity index (χ2v) is 6.37. The van der Waals surface area contributed by atoms with Crippen LogP contribution in [0.25, 0.3) is 0 Å². The number of hydrogen-bond acceptors (Lipinski definition) is 4. The lowest BCUT2D eigenvalue weighted by Gasteiger charge is -2.04. The number of methoxy groups -OCH3 is 1. The topological polar surface area (TPSA) is 60.4 Å². The zero-order chi connectivity index (χ0) is 14.8. The van der Waals surface area contributed by atoms with Gasteiger partial charge in [0.05, 0.1) is 12.0 Å². The van der Waals surface area contributed by atoms with E-state index in [2.05, 4.69) is 0 Å². The van der Waals surface area contributed by atoms with Crippen molar-refractivity contribution in [3.05, 3.63) is 59.7 Å². The number of rotatable bonds is 4. The van der Waals surface area contributed by atoms with Gasteiger partial charge in [0, 0.05) is 17.4 Å². The van der Waals surface area contributed by atoms with Crippen molar-refractivity contribution in [2.45, 2.75) is 4.90 Å². The van der Waals surface area contributed by atoms with Crippen LogP contribution in [-0.4, -0.2) is 27.6 Å². The van der Waals surface area contributed by atoms with Crippen molar-refractivity contribution in [3.63, 3.8) is 0 Å². The Morgan fingerprint density at radius 1 is 0.900 bits per heavy atom. The third-order valence-electron chi connectivity index (χ3n) is 2.90. The lowest BCUT2D eigenvalue weighted by Crippen LogP contribution is -2.03. The minimum absolute atomic E-state index is 0.160. The largest absolute Gasteiger partial charge is 0.497 e. The van der Waals surface area contributed by atoms with Crippen molar-refractivity contribution in [2.75, 3.05) is 13.4 Å². The van der Waals surface area contributed by atoms with Crippen LogP contribution in [0.15, 0.2) is 53.4 Å². The molecule has 0 fully saturated rings. The molecule has 0 unspecified atom stereocenters. The predicted octanol–water partition coefficient (Wildman–Crippen LogP) is 2.33. The van der Waals surface area contributed by atoms with Crippen molar-refractivity contribution >= 4 is 15.6 Å². The average Bonchev–Trinajstić information content (AvgIpc) is 2.46. The van der Waals surface area contributed by atoms with Crippen molar-refractivity contribution in [2.24, 2.45) is 0 Å². The molecule has 0 aliphatic heterocycles. The summed E-state index contributed by atoms with van der Waals surface area (Å²) in [6.45, 7) is 0. The summed E-state index contributed by atoms with van der Waals surface area (Å²) in [5.74, 6) is 0.515. The molecule has 5 heteroatoms. The van der Waals surface area contributed by atoms with Gasteiger partial charge in [-0.15, -0.1) is 0 Å². The number of carbonyl (C=O) groups is 1. The highest BCUT2D eigenvalue weighted by Gasteiger charge is 2.11. The molecule has 104 valence electrons. The lowest BCUT2D eigenvalue weighted by molar-refractivity contribution is 0.103. The Morgan fingerprint density at radius 3 is 1.75 bits per heavy atom. The van der Waals surface area contributed by atoms with Crippen molar-refractivity contribution in [1.29, 1.82) is 0 Å². The molecule has 4 nitrogen and oxygen atoms in total. The summed E-state index contributed by atoms with van der Waals surface area (Å²) in [5.41, 5.74) is 0.973. The van der Waals surface area contributed by atoms with E-state index >= 15 is 0 Å². The van der Waals surface area contributed by atoms with Crippen LogP contribution in [0.5, 0.6) is 5.75 Å². The maximum Gasteiger partial charge on any atom is 0.193 e. The lowest BCUT2D eigenvalue weighted by atomic mass is 10.0. The summed E-state index contributed by atoms with van der Waals surface area (Å²) in [4.78, 5) is 12.4. The van der Waals surface area contributed by atoms with Gasteiger partial charge in [0.1, 0.15) is 5.75 Å². The van der Waals surface area contributed by atoms with Crippen molar-refractivity contribution < 1.29 is 17.9 Å². The summed E-state index contributed by atoms with van der Waals surface area (Å²) in [6, 6.07) is 12.7. The Labute approximate surface area is 117 Å². The molecule has 0 bridgehead atoms. The van der Waals surface area contributed by atoms with E-state index in [0.29, 0.717) is 16.9 Å². The van der Waals surface area contributed by atoms with E-state index in [1.807, 2.05) is 0 Å². The van der Waals surface area contributed by atoms with Gasteiger partial charge in [0.2, 0.25) is 0 Å². The standard InChI is InChI=1S/C15H14O4S/c1-19-13-7-3-11(4-8-13)15(16)12-5-9-14(10-6-12)20(2,17)18/h3-10H,1-2H3. The van der Waals surface area contributed by atoms with Gasteiger partial charge in [-0.05, 0) is 48.5 Å². The van der Waals surface area contributed by atoms with E-state index in [9.17, 15) is 13.2 Å². The molecular formula is C15H14O4S. The van der Waals surface area contributed by atoms with E-state index in [1.54, 1.807) is 31.4 Å². The van der Waals surface area contributed by atoms with Crippen LogP contribution in [0.3, 0.4) is 0 Å². The van der Waals surface area contributed by atoms with Crippen LogP contribution in [0.4, 0.5) is 0 Å². The summed E-state index contributed by atoms with van der Waals surface area (Å²) in [7, 11) is -1.69. The first-order valence-electron chi connectivity index (χ1n) is 5.90. The Morgan fingerprint density at radius 2 is 1.35 bits per heavy atom. The SMILES string of the molecule is COc1ccc(C(=O)c2ccc(S(C)(=O)=O)cc2)cc1. The third-order valence-corrected chi connectivity index (χ3v) is 4.03. The van der Waals surface area contributed by atoms with Gasteiger partial charge in [-0.25, -0.2) is 8.42 Å². The van der Waals surface area contributed by atoms with E-state index < -0.39 is 9.84 Å². The van der Waals surface area contributed by atoms with Crippen LogP contribution in [-0.2, 0) is 9.84 Å². The first-order chi connectivity index (χ1) is 9.41.